The smallest absolute Gasteiger partial charge is 0.137 e. The summed E-state index contributed by atoms with van der Waals surface area (Å²) in [4.78, 5) is 0. The topological polar surface area (TPSA) is 38.7 Å². The fourth-order valence-electron chi connectivity index (χ4n) is 1.89. The van der Waals surface area contributed by atoms with E-state index in [4.69, 9.17) is 21.1 Å². The molecule has 1 aromatic rings. The van der Waals surface area contributed by atoms with Gasteiger partial charge in [0, 0.05) is 5.41 Å². The van der Waals surface area contributed by atoms with Crippen LogP contribution in [-0.4, -0.2) is 32.0 Å². The molecule has 0 spiro atoms. The number of halogens is 1. The summed E-state index contributed by atoms with van der Waals surface area (Å²) in [6, 6.07) is 5.71. The van der Waals surface area contributed by atoms with Gasteiger partial charge in [-0.05, 0) is 24.1 Å². The maximum atomic E-state index is 9.33. The van der Waals surface area contributed by atoms with Crippen molar-refractivity contribution in [2.45, 2.75) is 6.42 Å². The van der Waals surface area contributed by atoms with Gasteiger partial charge in [-0.15, -0.1) is 0 Å². The van der Waals surface area contributed by atoms with Gasteiger partial charge in [-0.3, -0.25) is 0 Å². The zero-order chi connectivity index (χ0) is 11.6. The fraction of sp³-hybridized carbons (Fsp3) is 0.500. The van der Waals surface area contributed by atoms with Crippen LogP contribution in [-0.2, 0) is 11.2 Å². The van der Waals surface area contributed by atoms with E-state index in [1.807, 2.05) is 18.2 Å². The van der Waals surface area contributed by atoms with Crippen LogP contribution < -0.4 is 4.74 Å². The first-order chi connectivity index (χ1) is 7.69. The lowest BCUT2D eigenvalue weighted by Crippen LogP contribution is -2.47. The van der Waals surface area contributed by atoms with Gasteiger partial charge in [0.15, 0.2) is 0 Å². The summed E-state index contributed by atoms with van der Waals surface area (Å²) in [7, 11) is 1.59. The predicted octanol–water partition coefficient (Wildman–Crippen LogP) is 1.90. The third kappa shape index (κ3) is 2.17. The number of hydrogen-bond acceptors (Lipinski definition) is 3. The Morgan fingerprint density at radius 1 is 1.50 bits per heavy atom. The van der Waals surface area contributed by atoms with Gasteiger partial charge in [-0.1, -0.05) is 17.7 Å². The number of benzene rings is 1. The average Bonchev–Trinajstić information content (AvgIpc) is 2.24. The van der Waals surface area contributed by atoms with Crippen molar-refractivity contribution in [3.05, 3.63) is 28.8 Å². The van der Waals surface area contributed by atoms with Crippen molar-refractivity contribution in [3.63, 3.8) is 0 Å². The van der Waals surface area contributed by atoms with Gasteiger partial charge in [0.2, 0.25) is 0 Å². The molecule has 0 aliphatic carbocycles. The van der Waals surface area contributed by atoms with E-state index in [9.17, 15) is 5.11 Å². The van der Waals surface area contributed by atoms with Crippen molar-refractivity contribution in [2.24, 2.45) is 5.41 Å². The molecular weight excluding hydrogens is 228 g/mol. The lowest BCUT2D eigenvalue weighted by Gasteiger charge is -2.40. The molecule has 0 unspecified atom stereocenters. The fourth-order valence-corrected chi connectivity index (χ4v) is 2.17. The van der Waals surface area contributed by atoms with Crippen LogP contribution >= 0.6 is 11.6 Å². The van der Waals surface area contributed by atoms with Crippen LogP contribution in [0.3, 0.4) is 0 Å². The van der Waals surface area contributed by atoms with Crippen LogP contribution in [0.1, 0.15) is 5.56 Å². The summed E-state index contributed by atoms with van der Waals surface area (Å²) in [5, 5.41) is 9.94. The number of rotatable bonds is 4. The molecule has 0 bridgehead atoms. The first-order valence-electron chi connectivity index (χ1n) is 5.20. The van der Waals surface area contributed by atoms with Crippen LogP contribution in [0.2, 0.25) is 5.02 Å². The molecule has 1 heterocycles. The summed E-state index contributed by atoms with van der Waals surface area (Å²) in [6.07, 6.45) is 0.785. The van der Waals surface area contributed by atoms with E-state index in [1.54, 1.807) is 7.11 Å². The van der Waals surface area contributed by atoms with Crippen molar-refractivity contribution in [1.29, 1.82) is 0 Å². The number of aliphatic hydroxyl groups excluding tert-OH is 1. The molecule has 88 valence electrons. The molecule has 0 aromatic heterocycles. The minimum absolute atomic E-state index is 0.113. The van der Waals surface area contributed by atoms with E-state index in [0.29, 0.717) is 24.0 Å². The Hall–Kier alpha value is -0.770. The Morgan fingerprint density at radius 2 is 2.25 bits per heavy atom. The second-order valence-electron chi connectivity index (χ2n) is 4.30. The van der Waals surface area contributed by atoms with Gasteiger partial charge in [0.05, 0.1) is 32.0 Å². The molecular formula is C12H15ClO3. The van der Waals surface area contributed by atoms with Gasteiger partial charge < -0.3 is 14.6 Å². The molecule has 0 radical (unpaired) electrons. The quantitative estimate of drug-likeness (QED) is 0.877. The molecule has 16 heavy (non-hydrogen) atoms. The zero-order valence-corrected chi connectivity index (χ0v) is 9.96. The second kappa shape index (κ2) is 4.62. The molecule has 1 fully saturated rings. The van der Waals surface area contributed by atoms with E-state index in [1.165, 1.54) is 0 Å². The summed E-state index contributed by atoms with van der Waals surface area (Å²) in [5.41, 5.74) is 0.987. The first kappa shape index (κ1) is 11.7. The highest BCUT2D eigenvalue weighted by atomic mass is 35.5. The summed E-state index contributed by atoms with van der Waals surface area (Å²) < 4.78 is 10.2. The molecule has 0 amide bonds. The minimum atomic E-state index is -0.113. The average molecular weight is 243 g/mol. The van der Waals surface area contributed by atoms with Gasteiger partial charge in [-0.2, -0.15) is 0 Å². The molecule has 0 atom stereocenters. The summed E-state index contributed by atoms with van der Waals surface area (Å²) in [6.45, 7) is 1.39. The molecule has 1 aliphatic heterocycles. The second-order valence-corrected chi connectivity index (χ2v) is 4.70. The SMILES string of the molecule is COc1ccc(CC2(CO)COC2)cc1Cl. The normalized spacial score (nSPS) is 17.9. The van der Waals surface area contributed by atoms with Crippen LogP contribution in [0.4, 0.5) is 0 Å². The Balaban J connectivity index is 2.13. The van der Waals surface area contributed by atoms with Crippen LogP contribution in [0.25, 0.3) is 0 Å². The first-order valence-corrected chi connectivity index (χ1v) is 5.58. The van der Waals surface area contributed by atoms with Gasteiger partial charge >= 0.3 is 0 Å². The lowest BCUT2D eigenvalue weighted by molar-refractivity contribution is -0.136. The molecule has 4 heteroatoms. The van der Waals surface area contributed by atoms with Crippen molar-refractivity contribution in [3.8, 4) is 5.75 Å². The van der Waals surface area contributed by atoms with Crippen molar-refractivity contribution >= 4 is 11.6 Å². The van der Waals surface area contributed by atoms with Crippen molar-refractivity contribution in [1.82, 2.24) is 0 Å². The Bertz CT molecular complexity index is 369. The van der Waals surface area contributed by atoms with Gasteiger partial charge in [-0.25, -0.2) is 0 Å². The number of aliphatic hydroxyl groups is 1. The molecule has 1 aromatic carbocycles. The molecule has 1 saturated heterocycles. The van der Waals surface area contributed by atoms with Crippen molar-refractivity contribution < 1.29 is 14.6 Å². The van der Waals surface area contributed by atoms with E-state index >= 15 is 0 Å². The monoisotopic (exact) mass is 242 g/mol. The van der Waals surface area contributed by atoms with Crippen LogP contribution in [0.5, 0.6) is 5.75 Å². The number of hydrogen-bond donors (Lipinski definition) is 1. The maximum Gasteiger partial charge on any atom is 0.137 e. The highest BCUT2D eigenvalue weighted by molar-refractivity contribution is 6.32. The largest absolute Gasteiger partial charge is 0.495 e. The summed E-state index contributed by atoms with van der Waals surface area (Å²) >= 11 is 6.04. The molecule has 1 aliphatic rings. The lowest BCUT2D eigenvalue weighted by atomic mass is 9.80. The minimum Gasteiger partial charge on any atom is -0.495 e. The van der Waals surface area contributed by atoms with Crippen LogP contribution in [0.15, 0.2) is 18.2 Å². The zero-order valence-electron chi connectivity index (χ0n) is 9.20. The molecule has 1 N–H and O–H groups in total. The molecule has 0 saturated carbocycles. The Kier molecular flexibility index (Phi) is 3.38. The Morgan fingerprint density at radius 3 is 2.69 bits per heavy atom. The third-order valence-electron chi connectivity index (χ3n) is 2.95. The maximum absolute atomic E-state index is 9.33. The van der Waals surface area contributed by atoms with Crippen molar-refractivity contribution in [2.75, 3.05) is 26.9 Å². The van der Waals surface area contributed by atoms with Crippen LogP contribution in [0, 0.1) is 5.41 Å². The van der Waals surface area contributed by atoms with E-state index < -0.39 is 0 Å². The highest BCUT2D eigenvalue weighted by Crippen LogP contribution is 2.33. The number of methoxy groups -OCH3 is 1. The molecule has 3 nitrogen and oxygen atoms in total. The highest BCUT2D eigenvalue weighted by Gasteiger charge is 2.38. The van der Waals surface area contributed by atoms with E-state index in [-0.39, 0.29) is 12.0 Å². The third-order valence-corrected chi connectivity index (χ3v) is 3.24. The standard InChI is InChI=1S/C12H15ClO3/c1-15-11-3-2-9(4-10(11)13)5-12(6-14)7-16-8-12/h2-4,14H,5-8H2,1H3. The molecule has 2 rings (SSSR count). The van der Waals surface area contributed by atoms with Gasteiger partial charge in [0.25, 0.3) is 0 Å². The van der Waals surface area contributed by atoms with E-state index in [2.05, 4.69) is 0 Å². The van der Waals surface area contributed by atoms with Gasteiger partial charge in [0.1, 0.15) is 5.75 Å². The van der Waals surface area contributed by atoms with E-state index in [0.717, 1.165) is 12.0 Å². The number of ether oxygens (including phenoxy) is 2. The Labute approximate surface area is 99.9 Å². The summed E-state index contributed by atoms with van der Waals surface area (Å²) in [5.74, 6) is 0.674. The predicted molar refractivity (Wildman–Crippen MR) is 62.0 cm³/mol.